The average molecular weight is 339 g/mol. The van der Waals surface area contributed by atoms with Crippen LogP contribution in [0.5, 0.6) is 0 Å². The predicted molar refractivity (Wildman–Crippen MR) is 90.4 cm³/mol. The van der Waals surface area contributed by atoms with Crippen LogP contribution in [0.25, 0.3) is 0 Å². The molecule has 1 unspecified atom stereocenters. The number of ether oxygens (including phenoxy) is 1. The molecule has 0 bridgehead atoms. The van der Waals surface area contributed by atoms with Crippen molar-refractivity contribution < 1.29 is 14.3 Å². The largest absolute Gasteiger partial charge is 0.378 e. The number of nitrogens with one attached hydrogen (secondary N) is 1. The van der Waals surface area contributed by atoms with Crippen molar-refractivity contribution in [1.82, 2.24) is 15.1 Å². The van der Waals surface area contributed by atoms with E-state index in [9.17, 15) is 9.59 Å². The fourth-order valence-electron chi connectivity index (χ4n) is 2.76. The maximum absolute atomic E-state index is 12.2. The van der Waals surface area contributed by atoms with Crippen LogP contribution in [-0.2, 0) is 14.3 Å². The minimum atomic E-state index is -0.528. The highest BCUT2D eigenvalue weighted by Gasteiger charge is 2.25. The van der Waals surface area contributed by atoms with E-state index in [4.69, 9.17) is 4.74 Å². The van der Waals surface area contributed by atoms with Gasteiger partial charge in [0.05, 0.1) is 19.3 Å². The van der Waals surface area contributed by atoms with Gasteiger partial charge in [0.1, 0.15) is 0 Å². The fraction of sp³-hybridized carbons (Fsp3) is 0.625. The monoisotopic (exact) mass is 339 g/mol. The summed E-state index contributed by atoms with van der Waals surface area (Å²) >= 11 is 1.64. The van der Waals surface area contributed by atoms with Crippen molar-refractivity contribution in [2.45, 2.75) is 19.9 Å². The number of nitrogens with zero attached hydrogens (tertiary/aromatic N) is 2. The second-order valence-electron chi connectivity index (χ2n) is 5.41. The van der Waals surface area contributed by atoms with Gasteiger partial charge in [0.25, 0.3) is 0 Å². The first kappa shape index (κ1) is 17.9. The molecule has 1 N–H and O–H groups in total. The van der Waals surface area contributed by atoms with E-state index in [1.165, 1.54) is 5.56 Å². The maximum atomic E-state index is 12.2. The van der Waals surface area contributed by atoms with Gasteiger partial charge in [-0.3, -0.25) is 14.5 Å². The summed E-state index contributed by atoms with van der Waals surface area (Å²) in [5, 5.41) is 6.94. The van der Waals surface area contributed by atoms with E-state index < -0.39 is 11.8 Å². The molecule has 1 aromatic heterocycles. The van der Waals surface area contributed by atoms with Gasteiger partial charge in [-0.1, -0.05) is 13.8 Å². The summed E-state index contributed by atoms with van der Waals surface area (Å²) in [5.41, 5.74) is 1.18. The first-order valence-electron chi connectivity index (χ1n) is 8.08. The Morgan fingerprint density at radius 2 is 2.04 bits per heavy atom. The molecule has 0 spiro atoms. The number of carbonyl (C=O) groups excluding carboxylic acids is 2. The first-order valence-corrected chi connectivity index (χ1v) is 9.02. The third-order valence-electron chi connectivity index (χ3n) is 4.13. The quantitative estimate of drug-likeness (QED) is 0.789. The molecule has 2 amide bonds. The van der Waals surface area contributed by atoms with Crippen molar-refractivity contribution in [1.29, 1.82) is 0 Å². The summed E-state index contributed by atoms with van der Waals surface area (Å²) in [7, 11) is 0. The number of hydrogen-bond donors (Lipinski definition) is 1. The molecule has 23 heavy (non-hydrogen) atoms. The van der Waals surface area contributed by atoms with Crippen LogP contribution in [0.1, 0.15) is 25.5 Å². The van der Waals surface area contributed by atoms with E-state index in [1.54, 1.807) is 16.2 Å². The smallest absolute Gasteiger partial charge is 0.312 e. The highest BCUT2D eigenvalue weighted by Crippen LogP contribution is 2.22. The molecule has 1 aliphatic heterocycles. The lowest BCUT2D eigenvalue weighted by molar-refractivity contribution is -0.148. The van der Waals surface area contributed by atoms with Crippen LogP contribution in [0.15, 0.2) is 16.8 Å². The van der Waals surface area contributed by atoms with Gasteiger partial charge in [0.2, 0.25) is 0 Å². The fourth-order valence-corrected chi connectivity index (χ4v) is 3.47. The van der Waals surface area contributed by atoms with Crippen LogP contribution in [0.3, 0.4) is 0 Å². The summed E-state index contributed by atoms with van der Waals surface area (Å²) < 4.78 is 5.21. The molecule has 2 rings (SSSR count). The zero-order valence-corrected chi connectivity index (χ0v) is 14.6. The Morgan fingerprint density at radius 3 is 2.61 bits per heavy atom. The van der Waals surface area contributed by atoms with Gasteiger partial charge < -0.3 is 15.0 Å². The Labute approximate surface area is 141 Å². The molecule has 6 nitrogen and oxygen atoms in total. The topological polar surface area (TPSA) is 61.9 Å². The van der Waals surface area contributed by atoms with Crippen LogP contribution in [-0.4, -0.2) is 67.6 Å². The van der Waals surface area contributed by atoms with Crippen LogP contribution in [0.2, 0.25) is 0 Å². The molecular weight excluding hydrogens is 314 g/mol. The van der Waals surface area contributed by atoms with Crippen LogP contribution >= 0.6 is 11.3 Å². The molecule has 1 aromatic rings. The second-order valence-corrected chi connectivity index (χ2v) is 6.19. The Hall–Kier alpha value is -1.44. The van der Waals surface area contributed by atoms with Gasteiger partial charge in [-0.15, -0.1) is 0 Å². The van der Waals surface area contributed by atoms with Gasteiger partial charge in [0, 0.05) is 19.6 Å². The molecular formula is C16H25N3O3S. The van der Waals surface area contributed by atoms with Gasteiger partial charge in [-0.25, -0.2) is 0 Å². The summed E-state index contributed by atoms with van der Waals surface area (Å²) in [4.78, 5) is 28.1. The summed E-state index contributed by atoms with van der Waals surface area (Å²) in [6, 6.07) is 2.17. The summed E-state index contributed by atoms with van der Waals surface area (Å²) in [6.07, 6.45) is 0. The lowest BCUT2D eigenvalue weighted by atomic mass is 10.1. The molecule has 0 aromatic carbocycles. The zero-order valence-electron chi connectivity index (χ0n) is 13.8. The van der Waals surface area contributed by atoms with Gasteiger partial charge in [-0.05, 0) is 35.5 Å². The highest BCUT2D eigenvalue weighted by molar-refractivity contribution is 7.07. The molecule has 1 atom stereocenters. The van der Waals surface area contributed by atoms with E-state index >= 15 is 0 Å². The number of morpholine rings is 1. The SMILES string of the molecule is CCN(CC)C(CNC(=O)C(=O)N1CCOCC1)c1ccsc1. The first-order chi connectivity index (χ1) is 11.2. The summed E-state index contributed by atoms with van der Waals surface area (Å²) in [6.45, 7) is 8.38. The lowest BCUT2D eigenvalue weighted by Gasteiger charge is -2.30. The van der Waals surface area contributed by atoms with Crippen molar-refractivity contribution in [2.75, 3.05) is 45.9 Å². The number of likely N-dealkylation sites (N-methyl/N-ethyl adjacent to an activating group) is 1. The van der Waals surface area contributed by atoms with Crippen molar-refractivity contribution in [3.05, 3.63) is 22.4 Å². The van der Waals surface area contributed by atoms with Crippen LogP contribution < -0.4 is 5.32 Å². The zero-order chi connectivity index (χ0) is 16.7. The third-order valence-corrected chi connectivity index (χ3v) is 4.83. The van der Waals surface area contributed by atoms with Crippen molar-refractivity contribution in [3.8, 4) is 0 Å². The molecule has 2 heterocycles. The molecule has 0 saturated carbocycles. The predicted octanol–water partition coefficient (Wildman–Crippen LogP) is 1.11. The second kappa shape index (κ2) is 9.00. The number of amides is 2. The molecule has 128 valence electrons. The number of rotatable bonds is 6. The Morgan fingerprint density at radius 1 is 1.35 bits per heavy atom. The lowest BCUT2D eigenvalue weighted by Crippen LogP contribution is -2.49. The average Bonchev–Trinajstić information content (AvgIpc) is 3.12. The molecule has 1 fully saturated rings. The van der Waals surface area contributed by atoms with Gasteiger partial charge in [0.15, 0.2) is 0 Å². The number of carbonyl (C=O) groups is 2. The van der Waals surface area contributed by atoms with E-state index in [1.807, 2.05) is 5.38 Å². The van der Waals surface area contributed by atoms with E-state index in [0.717, 1.165) is 13.1 Å². The molecule has 0 aliphatic carbocycles. The van der Waals surface area contributed by atoms with E-state index in [2.05, 4.69) is 35.5 Å². The van der Waals surface area contributed by atoms with E-state index in [0.29, 0.717) is 32.8 Å². The molecule has 7 heteroatoms. The van der Waals surface area contributed by atoms with E-state index in [-0.39, 0.29) is 6.04 Å². The van der Waals surface area contributed by atoms with Gasteiger partial charge >= 0.3 is 11.8 Å². The normalized spacial score (nSPS) is 16.4. The van der Waals surface area contributed by atoms with Crippen molar-refractivity contribution in [2.24, 2.45) is 0 Å². The molecule has 1 saturated heterocycles. The minimum Gasteiger partial charge on any atom is -0.378 e. The van der Waals surface area contributed by atoms with Crippen molar-refractivity contribution >= 4 is 23.2 Å². The number of thiophene rings is 1. The Kier molecular flexibility index (Phi) is 7.01. The van der Waals surface area contributed by atoms with Crippen LogP contribution in [0.4, 0.5) is 0 Å². The maximum Gasteiger partial charge on any atom is 0.312 e. The number of hydrogen-bond acceptors (Lipinski definition) is 5. The third kappa shape index (κ3) is 4.76. The Bertz CT molecular complexity index is 497. The standard InChI is InChI=1S/C16H25N3O3S/c1-3-18(4-2)14(13-5-10-23-12-13)11-17-15(20)16(21)19-6-8-22-9-7-19/h5,10,12,14H,3-4,6-9,11H2,1-2H3,(H,17,20). The van der Waals surface area contributed by atoms with Gasteiger partial charge in [-0.2, -0.15) is 11.3 Å². The molecule has 0 radical (unpaired) electrons. The Balaban J connectivity index is 1.94. The minimum absolute atomic E-state index is 0.0951. The van der Waals surface area contributed by atoms with Crippen LogP contribution in [0, 0.1) is 0 Å². The summed E-state index contributed by atoms with van der Waals surface area (Å²) in [5.74, 6) is -0.990. The molecule has 1 aliphatic rings. The highest BCUT2D eigenvalue weighted by atomic mass is 32.1. The van der Waals surface area contributed by atoms with Crippen molar-refractivity contribution in [3.63, 3.8) is 0 Å².